The van der Waals surface area contributed by atoms with Crippen molar-refractivity contribution in [2.75, 3.05) is 0 Å². The van der Waals surface area contributed by atoms with Gasteiger partial charge in [0.05, 0.1) is 11.6 Å². The van der Waals surface area contributed by atoms with Crippen LogP contribution in [0.1, 0.15) is 5.56 Å². The summed E-state index contributed by atoms with van der Waals surface area (Å²) in [6.45, 7) is 0. The summed E-state index contributed by atoms with van der Waals surface area (Å²) < 4.78 is 2.40. The number of halogens is 1. The normalized spacial score (nSPS) is 10.4. The van der Waals surface area contributed by atoms with Crippen molar-refractivity contribution in [1.29, 1.82) is 5.26 Å². The number of hydrogen-bond donors (Lipinski definition) is 0. The molecule has 0 fully saturated rings. The number of rotatable bonds is 1. The fourth-order valence-corrected chi connectivity index (χ4v) is 3.94. The van der Waals surface area contributed by atoms with Crippen LogP contribution in [-0.4, -0.2) is 0 Å². The Balaban J connectivity index is 2.19. The minimum Gasteiger partial charge on any atom is -0.192 e. The van der Waals surface area contributed by atoms with Gasteiger partial charge in [-0.3, -0.25) is 0 Å². The lowest BCUT2D eigenvalue weighted by molar-refractivity contribution is 1.49. The summed E-state index contributed by atoms with van der Waals surface area (Å²) in [7, 11) is 0. The van der Waals surface area contributed by atoms with Gasteiger partial charge in [-0.2, -0.15) is 5.26 Å². The van der Waals surface area contributed by atoms with Gasteiger partial charge in [-0.25, -0.2) is 0 Å². The van der Waals surface area contributed by atoms with E-state index in [1.165, 1.54) is 15.0 Å². The van der Waals surface area contributed by atoms with Gasteiger partial charge in [0.15, 0.2) is 0 Å². The first-order chi connectivity index (χ1) is 8.79. The Morgan fingerprint density at radius 1 is 1.00 bits per heavy atom. The molecule has 0 bridgehead atoms. The van der Waals surface area contributed by atoms with Crippen LogP contribution in [0.25, 0.3) is 20.5 Å². The minimum absolute atomic E-state index is 0.691. The van der Waals surface area contributed by atoms with E-state index in [1.54, 1.807) is 11.3 Å². The minimum atomic E-state index is 0.691. The van der Waals surface area contributed by atoms with Crippen molar-refractivity contribution in [1.82, 2.24) is 0 Å². The molecule has 0 aliphatic carbocycles. The predicted octanol–water partition coefficient (Wildman–Crippen LogP) is 5.20. The van der Waals surface area contributed by atoms with Crippen molar-refractivity contribution in [2.24, 2.45) is 0 Å². The van der Waals surface area contributed by atoms with Crippen molar-refractivity contribution < 1.29 is 0 Å². The van der Waals surface area contributed by atoms with Crippen LogP contribution in [0, 0.1) is 11.3 Å². The van der Waals surface area contributed by atoms with Crippen molar-refractivity contribution >= 4 is 37.4 Å². The average Bonchev–Trinajstić information content (AvgIpc) is 2.77. The average molecular weight is 314 g/mol. The molecule has 0 N–H and O–H groups in total. The third kappa shape index (κ3) is 1.84. The Bertz CT molecular complexity index is 750. The van der Waals surface area contributed by atoms with E-state index in [4.69, 9.17) is 5.26 Å². The number of nitrogens with zero attached hydrogens (tertiary/aromatic N) is 1. The molecule has 0 atom stereocenters. The van der Waals surface area contributed by atoms with E-state index in [2.05, 4.69) is 34.1 Å². The molecule has 1 nitrogen and oxygen atoms in total. The second-order valence-corrected chi connectivity index (χ2v) is 5.78. The third-order valence-electron chi connectivity index (χ3n) is 2.81. The molecule has 3 heteroatoms. The summed E-state index contributed by atoms with van der Waals surface area (Å²) >= 11 is 5.43. The topological polar surface area (TPSA) is 23.8 Å². The van der Waals surface area contributed by atoms with E-state index in [0.29, 0.717) is 5.56 Å². The van der Waals surface area contributed by atoms with Crippen LogP contribution in [0.3, 0.4) is 0 Å². The summed E-state index contributed by atoms with van der Waals surface area (Å²) in [5, 5.41) is 10.0. The number of fused-ring (bicyclic) bond motifs is 1. The van der Waals surface area contributed by atoms with Crippen molar-refractivity contribution in [3.63, 3.8) is 0 Å². The standard InChI is InChI=1S/C15H8BrNS/c16-14-12-3-1-2-4-13(12)18-15(14)11-7-5-10(9-17)6-8-11/h1-8H. The summed E-state index contributed by atoms with van der Waals surface area (Å²) in [5.74, 6) is 0. The molecule has 2 aromatic carbocycles. The number of benzene rings is 2. The van der Waals surface area contributed by atoms with E-state index in [1.807, 2.05) is 36.4 Å². The number of nitriles is 1. The van der Waals surface area contributed by atoms with Gasteiger partial charge in [0.25, 0.3) is 0 Å². The summed E-state index contributed by atoms with van der Waals surface area (Å²) in [6.07, 6.45) is 0. The van der Waals surface area contributed by atoms with Gasteiger partial charge in [0, 0.05) is 19.4 Å². The Kier molecular flexibility index (Phi) is 2.91. The molecule has 0 amide bonds. The van der Waals surface area contributed by atoms with Crippen LogP contribution in [0.4, 0.5) is 0 Å². The lowest BCUT2D eigenvalue weighted by atomic mass is 10.1. The van der Waals surface area contributed by atoms with Crippen LogP contribution in [-0.2, 0) is 0 Å². The maximum absolute atomic E-state index is 8.81. The molecular formula is C15H8BrNS. The molecule has 0 saturated carbocycles. The molecule has 0 radical (unpaired) electrons. The molecule has 86 valence electrons. The first kappa shape index (κ1) is 11.5. The summed E-state index contributed by atoms with van der Waals surface area (Å²) in [5.41, 5.74) is 1.83. The summed E-state index contributed by atoms with van der Waals surface area (Å²) in [4.78, 5) is 1.21. The fourth-order valence-electron chi connectivity index (χ4n) is 1.90. The maximum Gasteiger partial charge on any atom is 0.0991 e. The molecule has 3 aromatic rings. The van der Waals surface area contributed by atoms with E-state index in [0.717, 1.165) is 10.0 Å². The van der Waals surface area contributed by atoms with Gasteiger partial charge < -0.3 is 0 Å². The van der Waals surface area contributed by atoms with Crippen LogP contribution < -0.4 is 0 Å². The Morgan fingerprint density at radius 3 is 2.39 bits per heavy atom. The first-order valence-electron chi connectivity index (χ1n) is 5.47. The van der Waals surface area contributed by atoms with Gasteiger partial charge >= 0.3 is 0 Å². The lowest BCUT2D eigenvalue weighted by Crippen LogP contribution is -1.76. The van der Waals surface area contributed by atoms with E-state index in [-0.39, 0.29) is 0 Å². The molecule has 1 aromatic heterocycles. The largest absolute Gasteiger partial charge is 0.192 e. The highest BCUT2D eigenvalue weighted by molar-refractivity contribution is 9.10. The van der Waals surface area contributed by atoms with Crippen LogP contribution >= 0.6 is 27.3 Å². The van der Waals surface area contributed by atoms with Gasteiger partial charge in [-0.1, -0.05) is 30.3 Å². The zero-order valence-corrected chi connectivity index (χ0v) is 11.8. The van der Waals surface area contributed by atoms with Crippen molar-refractivity contribution in [3.05, 3.63) is 58.6 Å². The maximum atomic E-state index is 8.81. The van der Waals surface area contributed by atoms with E-state index < -0.39 is 0 Å². The lowest BCUT2D eigenvalue weighted by Gasteiger charge is -1.98. The molecule has 0 spiro atoms. The highest BCUT2D eigenvalue weighted by Gasteiger charge is 2.10. The third-order valence-corrected chi connectivity index (χ3v) is 5.12. The van der Waals surface area contributed by atoms with Gasteiger partial charge in [0.1, 0.15) is 0 Å². The predicted molar refractivity (Wildman–Crippen MR) is 79.7 cm³/mol. The van der Waals surface area contributed by atoms with Crippen molar-refractivity contribution in [3.8, 4) is 16.5 Å². The van der Waals surface area contributed by atoms with E-state index in [9.17, 15) is 0 Å². The van der Waals surface area contributed by atoms with Gasteiger partial charge in [-0.05, 0) is 39.7 Å². The van der Waals surface area contributed by atoms with Crippen molar-refractivity contribution in [2.45, 2.75) is 0 Å². The second kappa shape index (κ2) is 4.56. The van der Waals surface area contributed by atoms with Gasteiger partial charge in [-0.15, -0.1) is 11.3 Å². The van der Waals surface area contributed by atoms with Gasteiger partial charge in [0.2, 0.25) is 0 Å². The zero-order valence-electron chi connectivity index (χ0n) is 9.35. The molecule has 3 rings (SSSR count). The van der Waals surface area contributed by atoms with E-state index >= 15 is 0 Å². The highest BCUT2D eigenvalue weighted by atomic mass is 79.9. The number of hydrogen-bond acceptors (Lipinski definition) is 2. The number of thiophene rings is 1. The van der Waals surface area contributed by atoms with Crippen LogP contribution in [0.5, 0.6) is 0 Å². The Morgan fingerprint density at radius 2 is 1.72 bits per heavy atom. The van der Waals surface area contributed by atoms with Crippen LogP contribution in [0.15, 0.2) is 53.0 Å². The molecule has 0 unspecified atom stereocenters. The second-order valence-electron chi connectivity index (χ2n) is 3.93. The molecule has 18 heavy (non-hydrogen) atoms. The van der Waals surface area contributed by atoms with Crippen LogP contribution in [0.2, 0.25) is 0 Å². The molecular weight excluding hydrogens is 306 g/mol. The highest BCUT2D eigenvalue weighted by Crippen LogP contribution is 2.41. The molecule has 1 heterocycles. The monoisotopic (exact) mass is 313 g/mol. The molecule has 0 aliphatic rings. The Hall–Kier alpha value is -1.63. The zero-order chi connectivity index (χ0) is 12.5. The fraction of sp³-hybridized carbons (Fsp3) is 0. The SMILES string of the molecule is N#Cc1ccc(-c2sc3ccccc3c2Br)cc1. The molecule has 0 aliphatic heterocycles. The summed E-state index contributed by atoms with van der Waals surface area (Å²) in [6, 6.07) is 18.2. The Labute approximate surface area is 117 Å². The quantitative estimate of drug-likeness (QED) is 0.605. The first-order valence-corrected chi connectivity index (χ1v) is 7.08. The smallest absolute Gasteiger partial charge is 0.0991 e. The molecule has 0 saturated heterocycles.